The number of hydrogen-bond acceptors (Lipinski definition) is 8. The SMILES string of the molecule is COC(=O)CCSc1cnc(NS(=O)(=O)c2cccc(Cl)c2Cl)c(OC)n1. The number of sulfonamides is 1. The van der Waals surface area contributed by atoms with E-state index in [0.29, 0.717) is 10.8 Å². The lowest BCUT2D eigenvalue weighted by atomic mass is 10.4. The van der Waals surface area contributed by atoms with Crippen molar-refractivity contribution in [1.82, 2.24) is 9.97 Å². The van der Waals surface area contributed by atoms with Crippen molar-refractivity contribution in [3.05, 3.63) is 34.4 Å². The molecule has 0 saturated heterocycles. The molecular formula is C15H15Cl2N3O5S2. The minimum absolute atomic E-state index is 0.0280. The first kappa shape index (κ1) is 21.5. The van der Waals surface area contributed by atoms with E-state index in [1.165, 1.54) is 50.4 Å². The van der Waals surface area contributed by atoms with Crippen LogP contribution in [0.15, 0.2) is 34.3 Å². The summed E-state index contributed by atoms with van der Waals surface area (Å²) in [6.45, 7) is 0. The van der Waals surface area contributed by atoms with Crippen LogP contribution in [0.4, 0.5) is 5.82 Å². The summed E-state index contributed by atoms with van der Waals surface area (Å²) in [4.78, 5) is 19.1. The first-order valence-electron chi connectivity index (χ1n) is 7.36. The van der Waals surface area contributed by atoms with Crippen LogP contribution in [0.3, 0.4) is 0 Å². The van der Waals surface area contributed by atoms with E-state index in [9.17, 15) is 13.2 Å². The van der Waals surface area contributed by atoms with Crippen molar-refractivity contribution >= 4 is 56.8 Å². The second-order valence-electron chi connectivity index (χ2n) is 4.90. The van der Waals surface area contributed by atoms with Gasteiger partial charge in [-0.1, -0.05) is 29.3 Å². The van der Waals surface area contributed by atoms with Gasteiger partial charge in [-0.05, 0) is 12.1 Å². The maximum absolute atomic E-state index is 12.6. The average Bonchev–Trinajstić information content (AvgIpc) is 2.64. The molecule has 0 aliphatic rings. The minimum atomic E-state index is -4.06. The topological polar surface area (TPSA) is 107 Å². The van der Waals surface area contributed by atoms with Crippen LogP contribution in [-0.2, 0) is 19.6 Å². The monoisotopic (exact) mass is 451 g/mol. The fourth-order valence-electron chi connectivity index (χ4n) is 1.85. The Morgan fingerprint density at radius 3 is 2.70 bits per heavy atom. The zero-order chi connectivity index (χ0) is 20.0. The number of benzene rings is 1. The molecule has 2 rings (SSSR count). The van der Waals surface area contributed by atoms with E-state index >= 15 is 0 Å². The second kappa shape index (κ2) is 9.45. The second-order valence-corrected chi connectivity index (χ2v) is 8.45. The molecule has 27 heavy (non-hydrogen) atoms. The number of carbonyl (C=O) groups is 1. The van der Waals surface area contributed by atoms with E-state index in [1.54, 1.807) is 0 Å². The molecule has 2 aromatic rings. The van der Waals surface area contributed by atoms with Crippen LogP contribution in [0.1, 0.15) is 6.42 Å². The molecule has 1 N–H and O–H groups in total. The number of halogens is 2. The summed E-state index contributed by atoms with van der Waals surface area (Å²) < 4.78 is 37.1. The van der Waals surface area contributed by atoms with Crippen LogP contribution >= 0.6 is 35.0 Å². The van der Waals surface area contributed by atoms with Crippen LogP contribution in [0.5, 0.6) is 5.88 Å². The average molecular weight is 452 g/mol. The van der Waals surface area contributed by atoms with Crippen LogP contribution < -0.4 is 9.46 Å². The number of esters is 1. The van der Waals surface area contributed by atoms with E-state index in [2.05, 4.69) is 19.4 Å². The van der Waals surface area contributed by atoms with Gasteiger partial charge in [0.1, 0.15) is 9.92 Å². The Hall–Kier alpha value is -1.75. The Morgan fingerprint density at radius 1 is 1.30 bits per heavy atom. The third-order valence-corrected chi connectivity index (χ3v) is 6.35. The first-order chi connectivity index (χ1) is 12.8. The Bertz CT molecular complexity index is 941. The number of anilines is 1. The van der Waals surface area contributed by atoms with Crippen LogP contribution in [-0.4, -0.2) is 44.3 Å². The minimum Gasteiger partial charge on any atom is -0.478 e. The molecule has 0 saturated carbocycles. The van der Waals surface area contributed by atoms with E-state index in [-0.39, 0.29) is 39.0 Å². The highest BCUT2D eigenvalue weighted by Gasteiger charge is 2.22. The molecule has 1 aromatic heterocycles. The van der Waals surface area contributed by atoms with Gasteiger partial charge in [0.2, 0.25) is 5.82 Å². The summed E-state index contributed by atoms with van der Waals surface area (Å²) in [6.07, 6.45) is 1.56. The van der Waals surface area contributed by atoms with Crippen molar-refractivity contribution in [2.75, 3.05) is 24.7 Å². The maximum Gasteiger partial charge on any atom is 0.306 e. The number of thioether (sulfide) groups is 1. The standard InChI is InChI=1S/C15H15Cl2N3O5S2/c1-24-12(21)6-7-26-11-8-18-14(15(19-11)25-2)20-27(22,23)10-5-3-4-9(16)13(10)17/h3-5,8H,6-7H2,1-2H3,(H,18,20). The highest BCUT2D eigenvalue weighted by molar-refractivity contribution is 7.99. The van der Waals surface area contributed by atoms with Crippen LogP contribution in [0, 0.1) is 0 Å². The number of carbonyl (C=O) groups excluding carboxylic acids is 1. The molecule has 0 amide bonds. The Kier molecular flexibility index (Phi) is 7.54. The number of aromatic nitrogens is 2. The predicted molar refractivity (Wildman–Crippen MR) is 103 cm³/mol. The molecule has 0 spiro atoms. The Balaban J connectivity index is 2.21. The van der Waals surface area contributed by atoms with Gasteiger partial charge < -0.3 is 9.47 Å². The molecule has 146 valence electrons. The van der Waals surface area contributed by atoms with E-state index < -0.39 is 10.0 Å². The molecule has 0 aliphatic heterocycles. The number of nitrogens with one attached hydrogen (secondary N) is 1. The van der Waals surface area contributed by atoms with Crippen LogP contribution in [0.25, 0.3) is 0 Å². The number of ether oxygens (including phenoxy) is 2. The van der Waals surface area contributed by atoms with E-state index in [4.69, 9.17) is 27.9 Å². The quantitative estimate of drug-likeness (QED) is 0.481. The summed E-state index contributed by atoms with van der Waals surface area (Å²) in [5, 5.41) is 0.461. The normalized spacial score (nSPS) is 11.1. The van der Waals surface area contributed by atoms with Gasteiger partial charge in [-0.3, -0.25) is 9.52 Å². The Morgan fingerprint density at radius 2 is 2.04 bits per heavy atom. The third-order valence-electron chi connectivity index (χ3n) is 3.13. The zero-order valence-electron chi connectivity index (χ0n) is 14.2. The smallest absolute Gasteiger partial charge is 0.306 e. The number of hydrogen-bond donors (Lipinski definition) is 1. The summed E-state index contributed by atoms with van der Waals surface area (Å²) in [7, 11) is -1.42. The lowest BCUT2D eigenvalue weighted by molar-refractivity contribution is -0.140. The molecule has 1 aromatic carbocycles. The first-order valence-corrected chi connectivity index (χ1v) is 10.6. The van der Waals surface area contributed by atoms with Crippen molar-refractivity contribution in [3.8, 4) is 5.88 Å². The summed E-state index contributed by atoms with van der Waals surface area (Å²) in [5.74, 6) is -0.0517. The largest absolute Gasteiger partial charge is 0.478 e. The van der Waals surface area contributed by atoms with Gasteiger partial charge in [-0.15, -0.1) is 11.8 Å². The molecule has 0 unspecified atom stereocenters. The predicted octanol–water partition coefficient (Wildman–Crippen LogP) is 3.25. The van der Waals surface area contributed by atoms with Gasteiger partial charge in [-0.25, -0.2) is 18.4 Å². The summed E-state index contributed by atoms with van der Waals surface area (Å²) >= 11 is 13.1. The molecule has 0 fully saturated rings. The highest BCUT2D eigenvalue weighted by Crippen LogP contribution is 2.31. The van der Waals surface area contributed by atoms with Crippen molar-refractivity contribution < 1.29 is 22.7 Å². The molecule has 1 heterocycles. The van der Waals surface area contributed by atoms with E-state index in [1.807, 2.05) is 0 Å². The van der Waals surface area contributed by atoms with Crippen molar-refractivity contribution in [3.63, 3.8) is 0 Å². The molecular weight excluding hydrogens is 437 g/mol. The fraction of sp³-hybridized carbons (Fsp3) is 0.267. The van der Waals surface area contributed by atoms with Gasteiger partial charge >= 0.3 is 5.97 Å². The zero-order valence-corrected chi connectivity index (χ0v) is 17.4. The molecule has 0 bridgehead atoms. The lowest BCUT2D eigenvalue weighted by Crippen LogP contribution is -2.16. The molecule has 0 aliphatic carbocycles. The summed E-state index contributed by atoms with van der Waals surface area (Å²) in [5.41, 5.74) is 0. The molecule has 0 radical (unpaired) electrons. The molecule has 0 atom stereocenters. The lowest BCUT2D eigenvalue weighted by Gasteiger charge is -2.12. The van der Waals surface area contributed by atoms with Crippen molar-refractivity contribution in [2.45, 2.75) is 16.3 Å². The Labute approximate surface area is 170 Å². The van der Waals surface area contributed by atoms with Crippen LogP contribution in [0.2, 0.25) is 10.0 Å². The van der Waals surface area contributed by atoms with Gasteiger partial charge in [0.15, 0.2) is 0 Å². The number of rotatable bonds is 8. The van der Waals surface area contributed by atoms with Gasteiger partial charge in [0.25, 0.3) is 15.9 Å². The van der Waals surface area contributed by atoms with E-state index in [0.717, 1.165) is 0 Å². The van der Waals surface area contributed by atoms with Gasteiger partial charge in [0.05, 0.1) is 36.9 Å². The van der Waals surface area contributed by atoms with Gasteiger partial charge in [-0.2, -0.15) is 0 Å². The number of nitrogens with zero attached hydrogens (tertiary/aromatic N) is 2. The molecule has 8 nitrogen and oxygen atoms in total. The third kappa shape index (κ3) is 5.61. The maximum atomic E-state index is 12.6. The van der Waals surface area contributed by atoms with Gasteiger partial charge in [0, 0.05) is 5.75 Å². The number of methoxy groups -OCH3 is 2. The van der Waals surface area contributed by atoms with Crippen molar-refractivity contribution in [2.24, 2.45) is 0 Å². The van der Waals surface area contributed by atoms with Crippen molar-refractivity contribution in [1.29, 1.82) is 0 Å². The fourth-order valence-corrected chi connectivity index (χ4v) is 4.38. The molecule has 12 heteroatoms. The highest BCUT2D eigenvalue weighted by atomic mass is 35.5. The summed E-state index contributed by atoms with van der Waals surface area (Å²) in [6, 6.07) is 4.25.